The van der Waals surface area contributed by atoms with Crippen molar-refractivity contribution < 1.29 is 4.39 Å². The Bertz CT molecular complexity index is 914. The van der Waals surface area contributed by atoms with E-state index >= 15 is 0 Å². The molecule has 0 amide bonds. The number of hydrogen-bond acceptors (Lipinski definition) is 6. The monoisotopic (exact) mass is 394 g/mol. The lowest BCUT2D eigenvalue weighted by Crippen LogP contribution is -2.24. The number of fused-ring (bicyclic) bond motifs is 1. The summed E-state index contributed by atoms with van der Waals surface area (Å²) in [6, 6.07) is 5.00. The molecule has 2 aromatic heterocycles. The van der Waals surface area contributed by atoms with Gasteiger partial charge in [0, 0.05) is 17.6 Å². The largest absolute Gasteiger partial charge is 0.382 e. The van der Waals surface area contributed by atoms with E-state index in [1.807, 2.05) is 4.57 Å². The van der Waals surface area contributed by atoms with Gasteiger partial charge in [-0.25, -0.2) is 19.3 Å². The van der Waals surface area contributed by atoms with E-state index in [2.05, 4.69) is 34.1 Å². The number of nitrogens with one attached hydrogen (secondary N) is 1. The number of aromatic nitrogens is 4. The molecule has 6 nitrogen and oxygen atoms in total. The van der Waals surface area contributed by atoms with Gasteiger partial charge in [-0.2, -0.15) is 0 Å². The molecule has 0 aliphatic heterocycles. The molecule has 0 radical (unpaired) electrons. The van der Waals surface area contributed by atoms with Gasteiger partial charge < -0.3 is 15.6 Å². The highest BCUT2D eigenvalue weighted by atomic mass is 35.5. The van der Waals surface area contributed by atoms with Crippen molar-refractivity contribution in [3.63, 3.8) is 0 Å². The van der Waals surface area contributed by atoms with Crippen molar-refractivity contribution in [2.24, 2.45) is 0 Å². The molecule has 138 valence electrons. The molecule has 0 fully saturated rings. The average Bonchev–Trinajstić information content (AvgIpc) is 2.93. The van der Waals surface area contributed by atoms with E-state index in [-0.39, 0.29) is 5.82 Å². The Morgan fingerprint density at radius 3 is 2.88 bits per heavy atom. The van der Waals surface area contributed by atoms with Crippen molar-refractivity contribution in [3.8, 4) is 0 Å². The molecule has 0 bridgehead atoms. The molecule has 0 spiro atoms. The molecule has 0 atom stereocenters. The van der Waals surface area contributed by atoms with E-state index in [4.69, 9.17) is 17.3 Å². The fraction of sp³-hybridized carbons (Fsp3) is 0.353. The summed E-state index contributed by atoms with van der Waals surface area (Å²) in [7, 11) is 0. The predicted molar refractivity (Wildman–Crippen MR) is 103 cm³/mol. The normalized spacial score (nSPS) is 11.6. The highest BCUT2D eigenvalue weighted by Gasteiger charge is 2.17. The smallest absolute Gasteiger partial charge is 0.175 e. The van der Waals surface area contributed by atoms with Crippen LogP contribution in [0.15, 0.2) is 34.6 Å². The maximum Gasteiger partial charge on any atom is 0.175 e. The summed E-state index contributed by atoms with van der Waals surface area (Å²) in [4.78, 5) is 13.3. The summed E-state index contributed by atoms with van der Waals surface area (Å²) in [5, 5.41) is 4.36. The first-order valence-electron chi connectivity index (χ1n) is 8.28. The van der Waals surface area contributed by atoms with Gasteiger partial charge in [0.25, 0.3) is 0 Å². The number of imidazole rings is 1. The zero-order valence-corrected chi connectivity index (χ0v) is 16.1. The van der Waals surface area contributed by atoms with Gasteiger partial charge in [0.05, 0.1) is 4.90 Å². The second-order valence-electron chi connectivity index (χ2n) is 6.12. The molecular weight excluding hydrogens is 375 g/mol. The number of hydrogen-bond donors (Lipinski definition) is 2. The fourth-order valence-electron chi connectivity index (χ4n) is 2.50. The van der Waals surface area contributed by atoms with E-state index in [1.165, 1.54) is 24.2 Å². The Morgan fingerprint density at radius 1 is 1.35 bits per heavy atom. The predicted octanol–water partition coefficient (Wildman–Crippen LogP) is 3.74. The zero-order chi connectivity index (χ0) is 18.7. The lowest BCUT2D eigenvalue weighted by molar-refractivity contribution is 0.525. The van der Waals surface area contributed by atoms with Crippen LogP contribution in [0.5, 0.6) is 0 Å². The van der Waals surface area contributed by atoms with Gasteiger partial charge >= 0.3 is 0 Å². The van der Waals surface area contributed by atoms with Crippen LogP contribution in [0.3, 0.4) is 0 Å². The lowest BCUT2D eigenvalue weighted by atomic mass is 10.3. The summed E-state index contributed by atoms with van der Waals surface area (Å²) >= 11 is 7.06. The third kappa shape index (κ3) is 4.25. The third-order valence-corrected chi connectivity index (χ3v) is 5.01. The first-order chi connectivity index (χ1) is 12.5. The molecule has 26 heavy (non-hydrogen) atoms. The maximum absolute atomic E-state index is 14.2. The second kappa shape index (κ2) is 8.20. The van der Waals surface area contributed by atoms with Crippen LogP contribution in [-0.2, 0) is 6.54 Å². The number of benzene rings is 1. The lowest BCUT2D eigenvalue weighted by Gasteiger charge is -2.11. The fourth-order valence-corrected chi connectivity index (χ4v) is 3.57. The van der Waals surface area contributed by atoms with Crippen LogP contribution < -0.4 is 11.1 Å². The van der Waals surface area contributed by atoms with E-state index in [1.54, 1.807) is 12.1 Å². The number of nitrogen functional groups attached to an aromatic ring is 1. The molecule has 3 aromatic rings. The summed E-state index contributed by atoms with van der Waals surface area (Å²) in [6.07, 6.45) is 2.30. The van der Waals surface area contributed by atoms with Gasteiger partial charge in [-0.15, -0.1) is 0 Å². The zero-order valence-electron chi connectivity index (χ0n) is 14.5. The van der Waals surface area contributed by atoms with Crippen LogP contribution in [0.1, 0.15) is 20.3 Å². The maximum atomic E-state index is 14.2. The van der Waals surface area contributed by atoms with Crippen LogP contribution >= 0.6 is 23.4 Å². The van der Waals surface area contributed by atoms with Gasteiger partial charge in [0.2, 0.25) is 0 Å². The Kier molecular flexibility index (Phi) is 5.95. The van der Waals surface area contributed by atoms with Crippen LogP contribution in [0.4, 0.5) is 10.2 Å². The number of nitrogens with two attached hydrogens (primary N) is 1. The van der Waals surface area contributed by atoms with Crippen molar-refractivity contribution >= 4 is 40.3 Å². The Labute approximate surface area is 160 Å². The molecular formula is C17H20ClFN6S. The number of aryl methyl sites for hydroxylation is 1. The summed E-state index contributed by atoms with van der Waals surface area (Å²) in [6.45, 7) is 5.75. The van der Waals surface area contributed by atoms with Crippen LogP contribution in [0.25, 0.3) is 11.2 Å². The molecule has 0 saturated heterocycles. The highest BCUT2D eigenvalue weighted by Crippen LogP contribution is 2.33. The van der Waals surface area contributed by atoms with Gasteiger partial charge in [0.15, 0.2) is 22.1 Å². The standard InChI is InChI=1S/C17H20ClFN6S/c1-10(2)21-6-3-7-25-16-14(15(20)22-9-23-16)24-17(25)26-13-5-4-11(18)8-12(13)19/h4-5,8-10,21H,3,6-7H2,1-2H3,(H2,20,22,23). The Morgan fingerprint density at radius 2 is 2.15 bits per heavy atom. The first kappa shape index (κ1) is 18.9. The molecule has 2 heterocycles. The van der Waals surface area contributed by atoms with Crippen molar-refractivity contribution in [1.82, 2.24) is 24.8 Å². The molecule has 9 heteroatoms. The van der Waals surface area contributed by atoms with E-state index in [9.17, 15) is 4.39 Å². The third-order valence-electron chi connectivity index (χ3n) is 3.73. The van der Waals surface area contributed by atoms with Gasteiger partial charge in [-0.1, -0.05) is 25.4 Å². The van der Waals surface area contributed by atoms with Crippen LogP contribution in [-0.4, -0.2) is 32.1 Å². The molecule has 3 rings (SSSR count). The summed E-state index contributed by atoms with van der Waals surface area (Å²) in [5.41, 5.74) is 7.12. The second-order valence-corrected chi connectivity index (χ2v) is 7.56. The quantitative estimate of drug-likeness (QED) is 0.594. The van der Waals surface area contributed by atoms with Crippen molar-refractivity contribution in [1.29, 1.82) is 0 Å². The average molecular weight is 395 g/mol. The van der Waals surface area contributed by atoms with Crippen molar-refractivity contribution in [2.45, 2.75) is 42.9 Å². The number of rotatable bonds is 7. The number of anilines is 1. The molecule has 3 N–H and O–H groups in total. The highest BCUT2D eigenvalue weighted by molar-refractivity contribution is 7.99. The minimum Gasteiger partial charge on any atom is -0.382 e. The summed E-state index contributed by atoms with van der Waals surface area (Å²) in [5.74, 6) is -0.0749. The molecule has 0 aliphatic rings. The minimum atomic E-state index is -0.387. The molecule has 0 aliphatic carbocycles. The molecule has 0 unspecified atom stereocenters. The Balaban J connectivity index is 1.92. The van der Waals surface area contributed by atoms with Gasteiger partial charge in [-0.05, 0) is 42.9 Å². The van der Waals surface area contributed by atoms with E-state index in [0.717, 1.165) is 13.0 Å². The van der Waals surface area contributed by atoms with E-state index in [0.29, 0.717) is 44.6 Å². The van der Waals surface area contributed by atoms with E-state index < -0.39 is 0 Å². The first-order valence-corrected chi connectivity index (χ1v) is 9.48. The summed E-state index contributed by atoms with van der Waals surface area (Å²) < 4.78 is 16.1. The van der Waals surface area contributed by atoms with Crippen LogP contribution in [0, 0.1) is 5.82 Å². The molecule has 1 aromatic carbocycles. The molecule has 0 saturated carbocycles. The Hall–Kier alpha value is -1.90. The number of halogens is 2. The van der Waals surface area contributed by atoms with Gasteiger partial charge in [-0.3, -0.25) is 0 Å². The topological polar surface area (TPSA) is 81.7 Å². The van der Waals surface area contributed by atoms with Crippen LogP contribution in [0.2, 0.25) is 5.02 Å². The number of nitrogens with zero attached hydrogens (tertiary/aromatic N) is 4. The SMILES string of the molecule is CC(C)NCCCn1c(Sc2ccc(Cl)cc2F)nc2c(N)ncnc21. The van der Waals surface area contributed by atoms with Crippen molar-refractivity contribution in [3.05, 3.63) is 35.4 Å². The van der Waals surface area contributed by atoms with Gasteiger partial charge in [0.1, 0.15) is 12.1 Å². The minimum absolute atomic E-state index is 0.312. The van der Waals surface area contributed by atoms with Crippen molar-refractivity contribution in [2.75, 3.05) is 12.3 Å².